The van der Waals surface area contributed by atoms with Crippen LogP contribution in [0.25, 0.3) is 0 Å². The third kappa shape index (κ3) is 3.54. The number of nitrogens with two attached hydrogens (primary N) is 1. The highest BCUT2D eigenvalue weighted by Crippen LogP contribution is 2.69. The number of allylic oxidation sites excluding steroid dienone is 1. The van der Waals surface area contributed by atoms with Crippen LogP contribution in [-0.4, -0.2) is 49.5 Å². The molecule has 0 amide bonds. The minimum Gasteiger partial charge on any atom is -0.389 e. The van der Waals surface area contributed by atoms with E-state index in [1.807, 2.05) is 0 Å². The average Bonchev–Trinajstić information content (AvgIpc) is 3.37. The third-order valence-corrected chi connectivity index (χ3v) is 10.5. The number of hydrogen-bond donors (Lipinski definition) is 2. The van der Waals surface area contributed by atoms with E-state index in [-0.39, 0.29) is 11.7 Å². The Morgan fingerprint density at radius 1 is 0.968 bits per heavy atom. The second kappa shape index (κ2) is 8.39. The van der Waals surface area contributed by atoms with E-state index in [1.54, 1.807) is 0 Å². The number of ether oxygens (including phenoxy) is 3. The predicted molar refractivity (Wildman–Crippen MR) is 120 cm³/mol. The Balaban J connectivity index is 1.32. The predicted octanol–water partition coefficient (Wildman–Crippen LogP) is 4.03. The van der Waals surface area contributed by atoms with Gasteiger partial charge in [0.2, 0.25) is 0 Å². The van der Waals surface area contributed by atoms with Crippen LogP contribution in [0, 0.1) is 34.5 Å². The van der Waals surface area contributed by atoms with Crippen LogP contribution >= 0.6 is 0 Å². The first-order valence-electron chi connectivity index (χ1n) is 12.9. The van der Waals surface area contributed by atoms with Gasteiger partial charge in [-0.1, -0.05) is 19.9 Å². The van der Waals surface area contributed by atoms with Gasteiger partial charge in [-0.3, -0.25) is 0 Å². The average molecular weight is 434 g/mol. The molecule has 0 aromatic rings. The number of hydrogen-bond acceptors (Lipinski definition) is 5. The fourth-order valence-electron chi connectivity index (χ4n) is 8.63. The fraction of sp³-hybridized carbons (Fsp3) is 0.923. The molecule has 0 bridgehead atoms. The van der Waals surface area contributed by atoms with Gasteiger partial charge in [0, 0.05) is 12.0 Å². The molecule has 176 valence electrons. The lowest BCUT2D eigenvalue weighted by atomic mass is 9.43. The van der Waals surface area contributed by atoms with Gasteiger partial charge in [0.15, 0.2) is 6.29 Å². The molecule has 5 heteroatoms. The molecule has 2 unspecified atom stereocenters. The van der Waals surface area contributed by atoms with Crippen LogP contribution in [-0.2, 0) is 14.2 Å². The summed E-state index contributed by atoms with van der Waals surface area (Å²) in [5.41, 5.74) is 5.44. The van der Waals surface area contributed by atoms with Gasteiger partial charge in [-0.25, -0.2) is 0 Å². The van der Waals surface area contributed by atoms with Crippen LogP contribution in [0.15, 0.2) is 12.2 Å². The lowest BCUT2D eigenvalue weighted by Gasteiger charge is -2.63. The van der Waals surface area contributed by atoms with Crippen molar-refractivity contribution in [2.75, 3.05) is 26.4 Å². The van der Waals surface area contributed by atoms with Crippen LogP contribution in [0.2, 0.25) is 0 Å². The van der Waals surface area contributed by atoms with Gasteiger partial charge in [0.25, 0.3) is 0 Å². The smallest absolute Gasteiger partial charge is 0.177 e. The van der Waals surface area contributed by atoms with Crippen LogP contribution in [0.4, 0.5) is 0 Å². The normalized spacial score (nSPS) is 50.4. The highest BCUT2D eigenvalue weighted by Gasteiger charge is 2.66. The highest BCUT2D eigenvalue weighted by molar-refractivity contribution is 5.19. The first-order chi connectivity index (χ1) is 14.9. The minimum atomic E-state index is -0.539. The summed E-state index contributed by atoms with van der Waals surface area (Å²) in [6, 6.07) is 0. The van der Waals surface area contributed by atoms with E-state index >= 15 is 0 Å². The summed E-state index contributed by atoms with van der Waals surface area (Å²) in [6.45, 7) is 7.58. The van der Waals surface area contributed by atoms with Gasteiger partial charge >= 0.3 is 0 Å². The Labute approximate surface area is 188 Å². The third-order valence-electron chi connectivity index (χ3n) is 10.5. The zero-order chi connectivity index (χ0) is 21.7. The van der Waals surface area contributed by atoms with Crippen molar-refractivity contribution in [3.63, 3.8) is 0 Å². The van der Waals surface area contributed by atoms with E-state index in [0.717, 1.165) is 31.6 Å². The van der Waals surface area contributed by atoms with Crippen molar-refractivity contribution in [1.82, 2.24) is 0 Å². The first-order valence-corrected chi connectivity index (χ1v) is 12.9. The summed E-state index contributed by atoms with van der Waals surface area (Å²) in [4.78, 5) is 0. The van der Waals surface area contributed by atoms with Gasteiger partial charge in [-0.15, -0.1) is 0 Å². The summed E-state index contributed by atoms with van der Waals surface area (Å²) >= 11 is 0. The lowest BCUT2D eigenvalue weighted by molar-refractivity contribution is -0.209. The topological polar surface area (TPSA) is 73.9 Å². The standard InChI is InChI=1S/C26H43NO4/c1-24-10-8-20(29-14-13-27)17-19(24)3-5-22-21(24)9-11-25(2)18(7-12-26(22,25)28)4-6-23-30-15-16-31-23/h4,6,18-23,28H,3,5,7-17,27H2,1-2H3/b6-4+/t18-,19?,20?,21-,22+,24-,25+,26+/m0/s1. The Hall–Kier alpha value is -0.460. The van der Waals surface area contributed by atoms with Crippen molar-refractivity contribution < 1.29 is 19.3 Å². The summed E-state index contributed by atoms with van der Waals surface area (Å²) < 4.78 is 17.3. The van der Waals surface area contributed by atoms with Gasteiger partial charge in [-0.2, -0.15) is 0 Å². The van der Waals surface area contributed by atoms with Crippen LogP contribution in [0.3, 0.4) is 0 Å². The van der Waals surface area contributed by atoms with Crippen LogP contribution in [0.5, 0.6) is 0 Å². The van der Waals surface area contributed by atoms with E-state index in [9.17, 15) is 5.11 Å². The summed E-state index contributed by atoms with van der Waals surface area (Å²) in [5.74, 6) is 2.22. The summed E-state index contributed by atoms with van der Waals surface area (Å²) in [6.07, 6.45) is 15.0. The monoisotopic (exact) mass is 433 g/mol. The molecule has 0 spiro atoms. The molecule has 0 aromatic heterocycles. The van der Waals surface area contributed by atoms with Crippen molar-refractivity contribution >= 4 is 0 Å². The molecule has 4 aliphatic carbocycles. The number of aliphatic hydroxyl groups is 1. The molecule has 1 saturated heterocycles. The van der Waals surface area contributed by atoms with Crippen molar-refractivity contribution in [1.29, 1.82) is 0 Å². The van der Waals surface area contributed by atoms with Gasteiger partial charge in [0.05, 0.1) is 31.5 Å². The quantitative estimate of drug-likeness (QED) is 0.640. The van der Waals surface area contributed by atoms with Crippen molar-refractivity contribution in [3.05, 3.63) is 12.2 Å². The van der Waals surface area contributed by atoms with Gasteiger partial charge in [0.1, 0.15) is 0 Å². The zero-order valence-corrected chi connectivity index (χ0v) is 19.6. The Morgan fingerprint density at radius 2 is 1.77 bits per heavy atom. The maximum atomic E-state index is 12.3. The second-order valence-electron chi connectivity index (χ2n) is 11.6. The van der Waals surface area contributed by atoms with Crippen LogP contribution < -0.4 is 5.73 Å². The van der Waals surface area contributed by atoms with Crippen molar-refractivity contribution in [2.24, 2.45) is 40.2 Å². The molecule has 5 nitrogen and oxygen atoms in total. The molecule has 5 rings (SSSR count). The molecular weight excluding hydrogens is 390 g/mol. The van der Waals surface area contributed by atoms with Gasteiger partial charge < -0.3 is 25.1 Å². The van der Waals surface area contributed by atoms with E-state index in [4.69, 9.17) is 19.9 Å². The Kier molecular flexibility index (Phi) is 6.05. The van der Waals surface area contributed by atoms with E-state index in [0.29, 0.717) is 55.6 Å². The number of fused-ring (bicyclic) bond motifs is 5. The largest absolute Gasteiger partial charge is 0.389 e. The molecule has 5 fully saturated rings. The molecule has 0 aromatic carbocycles. The molecule has 0 radical (unpaired) electrons. The minimum absolute atomic E-state index is 0.0338. The highest BCUT2D eigenvalue weighted by atomic mass is 16.7. The summed E-state index contributed by atoms with van der Waals surface area (Å²) in [7, 11) is 0. The SMILES string of the molecule is C[C@]12CCC(OCCN)CC1CC[C@@H]1[C@@H]2CC[C@]2(C)[C@@H](/C=C/C3OCCO3)CC[C@@]12O. The van der Waals surface area contributed by atoms with Crippen molar-refractivity contribution in [2.45, 2.75) is 89.6 Å². The zero-order valence-electron chi connectivity index (χ0n) is 19.6. The molecule has 8 atom stereocenters. The molecule has 4 saturated carbocycles. The second-order valence-corrected chi connectivity index (χ2v) is 11.6. The molecule has 1 aliphatic heterocycles. The molecule has 3 N–H and O–H groups in total. The van der Waals surface area contributed by atoms with Crippen LogP contribution in [0.1, 0.15) is 71.6 Å². The maximum Gasteiger partial charge on any atom is 0.177 e. The Morgan fingerprint density at radius 3 is 2.55 bits per heavy atom. The molecule has 31 heavy (non-hydrogen) atoms. The van der Waals surface area contributed by atoms with E-state index < -0.39 is 5.60 Å². The number of rotatable bonds is 5. The van der Waals surface area contributed by atoms with Crippen molar-refractivity contribution in [3.8, 4) is 0 Å². The summed E-state index contributed by atoms with van der Waals surface area (Å²) in [5, 5.41) is 12.3. The van der Waals surface area contributed by atoms with E-state index in [1.165, 1.54) is 32.1 Å². The lowest BCUT2D eigenvalue weighted by Crippen LogP contribution is -2.62. The molecule has 5 aliphatic rings. The Bertz CT molecular complexity index is 678. The van der Waals surface area contributed by atoms with Gasteiger partial charge in [-0.05, 0) is 93.0 Å². The maximum absolute atomic E-state index is 12.3. The van der Waals surface area contributed by atoms with E-state index in [2.05, 4.69) is 26.0 Å². The molecule has 1 heterocycles. The first kappa shape index (κ1) is 22.3. The fourth-order valence-corrected chi connectivity index (χ4v) is 8.63. The molecular formula is C26H43NO4.